The van der Waals surface area contributed by atoms with Crippen LogP contribution in [-0.2, 0) is 11.0 Å². The highest BCUT2D eigenvalue weighted by Gasteiger charge is 2.32. The van der Waals surface area contributed by atoms with Crippen molar-refractivity contribution in [2.24, 2.45) is 5.92 Å². The summed E-state index contributed by atoms with van der Waals surface area (Å²) < 4.78 is 39.7. The molecule has 5 rings (SSSR count). The van der Waals surface area contributed by atoms with E-state index in [-0.39, 0.29) is 46.1 Å². The lowest BCUT2D eigenvalue weighted by Gasteiger charge is -2.16. The Morgan fingerprint density at radius 2 is 1.94 bits per heavy atom. The smallest absolute Gasteiger partial charge is 0.348 e. The zero-order valence-electron chi connectivity index (χ0n) is 19.0. The number of nitriles is 1. The number of fused-ring (bicyclic) bond motifs is 1. The maximum atomic E-state index is 13.2. The molecule has 36 heavy (non-hydrogen) atoms. The van der Waals surface area contributed by atoms with Gasteiger partial charge in [-0.15, -0.1) is 0 Å². The number of carbonyl (C=O) groups is 1. The van der Waals surface area contributed by atoms with E-state index in [0.29, 0.717) is 11.3 Å². The van der Waals surface area contributed by atoms with Crippen LogP contribution in [0.25, 0.3) is 22.3 Å². The Balaban J connectivity index is 1.40. The average molecular weight is 491 g/mol. The molecule has 182 valence electrons. The number of hydrogen-bond acceptors (Lipinski definition) is 6. The van der Waals surface area contributed by atoms with Crippen LogP contribution in [0.15, 0.2) is 48.9 Å². The van der Waals surface area contributed by atoms with Gasteiger partial charge in [-0.3, -0.25) is 4.79 Å². The molecule has 8 nitrogen and oxygen atoms in total. The number of pyridine rings is 1. The van der Waals surface area contributed by atoms with E-state index in [9.17, 15) is 23.2 Å². The maximum absolute atomic E-state index is 13.2. The average Bonchev–Trinajstić information content (AvgIpc) is 3.63. The molecule has 3 aromatic heterocycles. The second kappa shape index (κ2) is 8.96. The van der Waals surface area contributed by atoms with Gasteiger partial charge in [0.25, 0.3) is 0 Å². The normalized spacial score (nSPS) is 14.3. The van der Waals surface area contributed by atoms with Gasteiger partial charge in [-0.25, -0.2) is 15.0 Å². The number of anilines is 2. The standard InChI is InChI=1S/C25H20F3N7O/c1-13(14-4-6-18(7-5-14)34-23(36)15-2-3-15)33-24-32-10-16(9-29)21(35-24)20-12-31-22-19(20)8-17(11-30-22)25(26,27)28/h4-8,10-13,15H,2-3H2,1H3,(H,30,31)(H,34,36)(H,32,33,35)/t13-/m1/s1. The largest absolute Gasteiger partial charge is 0.417 e. The Morgan fingerprint density at radius 1 is 1.19 bits per heavy atom. The van der Waals surface area contributed by atoms with E-state index in [0.717, 1.165) is 30.7 Å². The summed E-state index contributed by atoms with van der Waals surface area (Å²) in [4.78, 5) is 27.3. The number of aromatic nitrogens is 4. The second-order valence-corrected chi connectivity index (χ2v) is 8.64. The van der Waals surface area contributed by atoms with Crippen molar-refractivity contribution >= 4 is 28.6 Å². The zero-order chi connectivity index (χ0) is 25.4. The molecule has 1 amide bonds. The number of carbonyl (C=O) groups excluding carboxylic acids is 1. The molecule has 1 saturated carbocycles. The van der Waals surface area contributed by atoms with E-state index in [1.807, 2.05) is 37.3 Å². The molecule has 0 radical (unpaired) electrons. The monoisotopic (exact) mass is 491 g/mol. The first kappa shape index (κ1) is 23.3. The molecule has 11 heteroatoms. The van der Waals surface area contributed by atoms with Gasteiger partial charge >= 0.3 is 6.18 Å². The van der Waals surface area contributed by atoms with Crippen LogP contribution in [0.1, 0.15) is 42.5 Å². The molecule has 0 saturated heterocycles. The van der Waals surface area contributed by atoms with E-state index in [1.165, 1.54) is 12.4 Å². The van der Waals surface area contributed by atoms with Gasteiger partial charge in [-0.2, -0.15) is 18.4 Å². The van der Waals surface area contributed by atoms with Crippen molar-refractivity contribution in [2.45, 2.75) is 32.0 Å². The molecule has 1 fully saturated rings. The Kier molecular flexibility index (Phi) is 5.80. The molecule has 0 bridgehead atoms. The van der Waals surface area contributed by atoms with E-state index in [1.54, 1.807) is 0 Å². The number of nitrogens with one attached hydrogen (secondary N) is 3. The SMILES string of the molecule is C[C@@H](Nc1ncc(C#N)c(-c2c[nH]c3ncc(C(F)(F)F)cc23)n1)c1ccc(NC(=O)C2CC2)cc1. The summed E-state index contributed by atoms with van der Waals surface area (Å²) in [6.45, 7) is 1.89. The number of aromatic amines is 1. The van der Waals surface area contributed by atoms with Crippen LogP contribution >= 0.6 is 0 Å². The van der Waals surface area contributed by atoms with Crippen LogP contribution in [0.5, 0.6) is 0 Å². The Morgan fingerprint density at radius 3 is 2.61 bits per heavy atom. The highest BCUT2D eigenvalue weighted by molar-refractivity contribution is 5.95. The molecular weight excluding hydrogens is 471 g/mol. The van der Waals surface area contributed by atoms with Crippen LogP contribution in [0.3, 0.4) is 0 Å². The molecule has 3 N–H and O–H groups in total. The van der Waals surface area contributed by atoms with Gasteiger partial charge in [-0.1, -0.05) is 12.1 Å². The predicted octanol–water partition coefficient (Wildman–Crippen LogP) is 5.43. The number of alkyl halides is 3. The first-order chi connectivity index (χ1) is 17.2. The van der Waals surface area contributed by atoms with Gasteiger partial charge in [0.1, 0.15) is 11.7 Å². The number of H-pyrrole nitrogens is 1. The molecule has 1 aromatic carbocycles. The topological polar surface area (TPSA) is 119 Å². The minimum atomic E-state index is -4.56. The van der Waals surface area contributed by atoms with E-state index in [4.69, 9.17) is 0 Å². The molecule has 1 aliphatic rings. The van der Waals surface area contributed by atoms with Crippen LogP contribution in [0.4, 0.5) is 24.8 Å². The third kappa shape index (κ3) is 4.70. The van der Waals surface area contributed by atoms with Crippen molar-refractivity contribution in [1.82, 2.24) is 19.9 Å². The van der Waals surface area contributed by atoms with Crippen molar-refractivity contribution in [3.8, 4) is 17.3 Å². The summed E-state index contributed by atoms with van der Waals surface area (Å²) >= 11 is 0. The summed E-state index contributed by atoms with van der Waals surface area (Å²) in [5.41, 5.74) is 1.58. The lowest BCUT2D eigenvalue weighted by atomic mass is 10.1. The fourth-order valence-electron chi connectivity index (χ4n) is 3.81. The third-order valence-electron chi connectivity index (χ3n) is 5.99. The van der Waals surface area contributed by atoms with E-state index < -0.39 is 11.7 Å². The first-order valence-corrected chi connectivity index (χ1v) is 11.2. The zero-order valence-corrected chi connectivity index (χ0v) is 19.0. The van der Waals surface area contributed by atoms with Crippen LogP contribution in [0, 0.1) is 17.2 Å². The molecule has 1 aliphatic carbocycles. The van der Waals surface area contributed by atoms with Crippen molar-refractivity contribution < 1.29 is 18.0 Å². The molecule has 1 atom stereocenters. The fraction of sp³-hybridized carbons (Fsp3) is 0.240. The minimum absolute atomic E-state index is 0.0299. The Labute approximate surface area is 203 Å². The van der Waals surface area contributed by atoms with Crippen LogP contribution in [-0.4, -0.2) is 25.8 Å². The van der Waals surface area contributed by atoms with E-state index >= 15 is 0 Å². The van der Waals surface area contributed by atoms with Gasteiger partial charge in [0, 0.05) is 34.9 Å². The number of halogens is 3. The number of amides is 1. The summed E-state index contributed by atoms with van der Waals surface area (Å²) in [6, 6.07) is 10.1. The molecule has 4 aromatic rings. The van der Waals surface area contributed by atoms with Gasteiger partial charge in [0.2, 0.25) is 11.9 Å². The summed E-state index contributed by atoms with van der Waals surface area (Å²) in [5, 5.41) is 15.8. The lowest BCUT2D eigenvalue weighted by Crippen LogP contribution is -2.13. The fourth-order valence-corrected chi connectivity index (χ4v) is 3.81. The summed E-state index contributed by atoms with van der Waals surface area (Å²) in [7, 11) is 0. The first-order valence-electron chi connectivity index (χ1n) is 11.2. The third-order valence-corrected chi connectivity index (χ3v) is 5.99. The highest BCUT2D eigenvalue weighted by atomic mass is 19.4. The van der Waals surface area contributed by atoms with Crippen molar-refractivity contribution in [2.75, 3.05) is 10.6 Å². The van der Waals surface area contributed by atoms with Crippen LogP contribution in [0.2, 0.25) is 0 Å². The lowest BCUT2D eigenvalue weighted by molar-refractivity contribution is -0.137. The molecule has 0 spiro atoms. The Bertz CT molecular complexity index is 1480. The molecule has 0 aliphatic heterocycles. The molecular formula is C25H20F3N7O. The minimum Gasteiger partial charge on any atom is -0.348 e. The quantitative estimate of drug-likeness (QED) is 0.331. The van der Waals surface area contributed by atoms with E-state index in [2.05, 4.69) is 30.6 Å². The Hall–Kier alpha value is -4.46. The van der Waals surface area contributed by atoms with Crippen molar-refractivity contribution in [1.29, 1.82) is 5.26 Å². The summed E-state index contributed by atoms with van der Waals surface area (Å²) in [6.07, 6.45) is 0.853. The highest BCUT2D eigenvalue weighted by Crippen LogP contribution is 2.35. The van der Waals surface area contributed by atoms with Gasteiger partial charge < -0.3 is 15.6 Å². The van der Waals surface area contributed by atoms with Gasteiger partial charge in [0.15, 0.2) is 0 Å². The second-order valence-electron chi connectivity index (χ2n) is 8.64. The van der Waals surface area contributed by atoms with Crippen LogP contribution < -0.4 is 10.6 Å². The number of benzene rings is 1. The van der Waals surface area contributed by atoms with Crippen molar-refractivity contribution in [3.05, 3.63) is 65.6 Å². The predicted molar refractivity (Wildman–Crippen MR) is 127 cm³/mol. The number of hydrogen-bond donors (Lipinski definition) is 3. The molecule has 3 heterocycles. The van der Waals surface area contributed by atoms with Crippen molar-refractivity contribution in [3.63, 3.8) is 0 Å². The van der Waals surface area contributed by atoms with Gasteiger partial charge in [0.05, 0.1) is 29.1 Å². The number of nitrogens with zero attached hydrogens (tertiary/aromatic N) is 4. The molecule has 0 unspecified atom stereocenters. The van der Waals surface area contributed by atoms with Gasteiger partial charge in [-0.05, 0) is 43.5 Å². The summed E-state index contributed by atoms with van der Waals surface area (Å²) in [5.74, 6) is 0.347. The maximum Gasteiger partial charge on any atom is 0.417 e. The number of rotatable bonds is 6.